The van der Waals surface area contributed by atoms with Crippen molar-refractivity contribution >= 4 is 23.5 Å². The third-order valence-electron chi connectivity index (χ3n) is 3.46. The highest BCUT2D eigenvalue weighted by atomic mass is 32.2. The summed E-state index contributed by atoms with van der Waals surface area (Å²) in [6, 6.07) is 9.76. The summed E-state index contributed by atoms with van der Waals surface area (Å²) in [5, 5.41) is 15.4. The summed E-state index contributed by atoms with van der Waals surface area (Å²) < 4.78 is 7.36. The molecule has 0 saturated carbocycles. The van der Waals surface area contributed by atoms with Crippen LogP contribution < -0.4 is 5.32 Å². The van der Waals surface area contributed by atoms with Crippen LogP contribution in [-0.4, -0.2) is 31.6 Å². The number of nitrogens with zero attached hydrogens (tertiary/aromatic N) is 4. The minimum atomic E-state index is -0.150. The lowest BCUT2D eigenvalue weighted by atomic mass is 10.1. The first kappa shape index (κ1) is 17.2. The second-order valence-electron chi connectivity index (χ2n) is 5.83. The van der Waals surface area contributed by atoms with Gasteiger partial charge in [0.05, 0.1) is 11.9 Å². The minimum absolute atomic E-state index is 0.150. The maximum Gasteiger partial charge on any atom is 0.277 e. The molecule has 0 spiro atoms. The largest absolute Gasteiger partial charge is 0.411 e. The van der Waals surface area contributed by atoms with Crippen LogP contribution >= 0.6 is 11.8 Å². The van der Waals surface area contributed by atoms with Gasteiger partial charge in [0.15, 0.2) is 0 Å². The molecule has 0 atom stereocenters. The van der Waals surface area contributed by atoms with Crippen LogP contribution in [0.1, 0.15) is 25.5 Å². The second kappa shape index (κ2) is 7.52. The number of thioether (sulfide) groups is 1. The van der Waals surface area contributed by atoms with Gasteiger partial charge in [0, 0.05) is 17.7 Å². The maximum absolute atomic E-state index is 12.1. The Kier molecular flexibility index (Phi) is 5.18. The zero-order valence-electron chi connectivity index (χ0n) is 14.3. The van der Waals surface area contributed by atoms with E-state index in [1.165, 1.54) is 11.8 Å². The predicted octanol–water partition coefficient (Wildman–Crippen LogP) is 3.55. The van der Waals surface area contributed by atoms with E-state index in [4.69, 9.17) is 4.42 Å². The Bertz CT molecular complexity index is 854. The van der Waals surface area contributed by atoms with Gasteiger partial charge < -0.3 is 9.73 Å². The van der Waals surface area contributed by atoms with Crippen molar-refractivity contribution in [3.05, 3.63) is 42.1 Å². The van der Waals surface area contributed by atoms with Crippen molar-refractivity contribution in [2.24, 2.45) is 0 Å². The molecule has 1 amide bonds. The number of carbonyl (C=O) groups excluding carboxylic acids is 1. The van der Waals surface area contributed by atoms with Crippen LogP contribution in [-0.2, 0) is 4.79 Å². The lowest BCUT2D eigenvalue weighted by molar-refractivity contribution is -0.113. The number of rotatable bonds is 6. The summed E-state index contributed by atoms with van der Waals surface area (Å²) in [5.74, 6) is 1.15. The third kappa shape index (κ3) is 4.27. The van der Waals surface area contributed by atoms with Gasteiger partial charge in [-0.25, -0.2) is 4.68 Å². The summed E-state index contributed by atoms with van der Waals surface area (Å²) >= 11 is 1.20. The Morgan fingerprint density at radius 1 is 1.24 bits per heavy atom. The Morgan fingerprint density at radius 3 is 2.72 bits per heavy atom. The highest BCUT2D eigenvalue weighted by Gasteiger charge is 2.13. The number of hydrogen-bond acceptors (Lipinski definition) is 6. The van der Waals surface area contributed by atoms with E-state index in [0.717, 1.165) is 11.1 Å². The zero-order chi connectivity index (χ0) is 17.8. The smallest absolute Gasteiger partial charge is 0.277 e. The van der Waals surface area contributed by atoms with E-state index >= 15 is 0 Å². The monoisotopic (exact) mass is 357 g/mol. The molecule has 0 radical (unpaired) electrons. The van der Waals surface area contributed by atoms with Gasteiger partial charge in [-0.2, -0.15) is 5.10 Å². The second-order valence-corrected chi connectivity index (χ2v) is 6.76. The van der Waals surface area contributed by atoms with E-state index in [1.54, 1.807) is 16.9 Å². The highest BCUT2D eigenvalue weighted by Crippen LogP contribution is 2.23. The van der Waals surface area contributed by atoms with E-state index in [2.05, 4.69) is 20.6 Å². The van der Waals surface area contributed by atoms with Gasteiger partial charge in [-0.1, -0.05) is 29.5 Å². The number of amides is 1. The fraction of sp³-hybridized carbons (Fsp3) is 0.294. The van der Waals surface area contributed by atoms with E-state index in [1.807, 2.05) is 45.0 Å². The molecule has 130 valence electrons. The van der Waals surface area contributed by atoms with Crippen LogP contribution in [0, 0.1) is 6.92 Å². The molecule has 2 aromatic heterocycles. The van der Waals surface area contributed by atoms with E-state index < -0.39 is 0 Å². The molecule has 2 heterocycles. The van der Waals surface area contributed by atoms with Gasteiger partial charge in [0.2, 0.25) is 11.8 Å². The van der Waals surface area contributed by atoms with Crippen LogP contribution in [0.25, 0.3) is 11.5 Å². The van der Waals surface area contributed by atoms with Crippen molar-refractivity contribution < 1.29 is 9.21 Å². The molecule has 0 aliphatic carbocycles. The molecule has 25 heavy (non-hydrogen) atoms. The summed E-state index contributed by atoms with van der Waals surface area (Å²) in [6.45, 7) is 6.02. The normalized spacial score (nSPS) is 11.0. The Balaban J connectivity index is 1.57. The molecule has 0 aliphatic rings. The predicted molar refractivity (Wildman–Crippen MR) is 96.4 cm³/mol. The number of aryl methyl sites for hydroxylation is 1. The molecule has 7 nitrogen and oxygen atoms in total. The molecule has 0 aliphatic heterocycles. The Labute approximate surface area is 149 Å². The number of carbonyl (C=O) groups is 1. The average molecular weight is 357 g/mol. The summed E-state index contributed by atoms with van der Waals surface area (Å²) in [7, 11) is 0. The van der Waals surface area contributed by atoms with Crippen LogP contribution in [0.4, 0.5) is 5.82 Å². The van der Waals surface area contributed by atoms with Gasteiger partial charge in [-0.3, -0.25) is 4.79 Å². The molecule has 0 unspecified atom stereocenters. The molecule has 0 bridgehead atoms. The maximum atomic E-state index is 12.1. The summed E-state index contributed by atoms with van der Waals surface area (Å²) in [5.41, 5.74) is 2.02. The molecule has 1 aromatic carbocycles. The topological polar surface area (TPSA) is 85.8 Å². The van der Waals surface area contributed by atoms with Crippen molar-refractivity contribution in [3.8, 4) is 11.5 Å². The van der Waals surface area contributed by atoms with Gasteiger partial charge in [-0.05, 0) is 32.9 Å². The Hall–Kier alpha value is -2.61. The zero-order valence-corrected chi connectivity index (χ0v) is 15.1. The van der Waals surface area contributed by atoms with E-state index in [0.29, 0.717) is 16.9 Å². The van der Waals surface area contributed by atoms with Crippen molar-refractivity contribution in [3.63, 3.8) is 0 Å². The van der Waals surface area contributed by atoms with E-state index in [9.17, 15) is 4.79 Å². The molecule has 8 heteroatoms. The van der Waals surface area contributed by atoms with Gasteiger partial charge >= 0.3 is 0 Å². The molecule has 3 aromatic rings. The van der Waals surface area contributed by atoms with Crippen molar-refractivity contribution in [1.82, 2.24) is 20.0 Å². The van der Waals surface area contributed by atoms with Crippen molar-refractivity contribution in [2.45, 2.75) is 32.0 Å². The van der Waals surface area contributed by atoms with Crippen LogP contribution in [0.2, 0.25) is 0 Å². The molecule has 3 rings (SSSR count). The fourth-order valence-electron chi connectivity index (χ4n) is 2.21. The molecular formula is C17H19N5O2S. The number of anilines is 1. The highest BCUT2D eigenvalue weighted by molar-refractivity contribution is 7.99. The fourth-order valence-corrected chi connectivity index (χ4v) is 2.78. The first-order chi connectivity index (χ1) is 12.0. The first-order valence-corrected chi connectivity index (χ1v) is 8.88. The molecule has 0 fully saturated rings. The number of nitrogens with one attached hydrogen (secondary N) is 1. The third-order valence-corrected chi connectivity index (χ3v) is 4.28. The lowest BCUT2D eigenvalue weighted by Gasteiger charge is -2.11. The van der Waals surface area contributed by atoms with Gasteiger partial charge in [0.25, 0.3) is 5.22 Å². The van der Waals surface area contributed by atoms with Crippen LogP contribution in [0.3, 0.4) is 0 Å². The molecule has 1 N–H and O–H groups in total. The van der Waals surface area contributed by atoms with Gasteiger partial charge in [0.1, 0.15) is 5.82 Å². The minimum Gasteiger partial charge on any atom is -0.411 e. The molecular weight excluding hydrogens is 338 g/mol. The molecule has 0 saturated heterocycles. The number of hydrogen-bond donors (Lipinski definition) is 1. The number of benzene rings is 1. The van der Waals surface area contributed by atoms with E-state index in [-0.39, 0.29) is 17.7 Å². The van der Waals surface area contributed by atoms with Crippen molar-refractivity contribution in [1.29, 1.82) is 0 Å². The summed E-state index contributed by atoms with van der Waals surface area (Å²) in [6.07, 6.45) is 1.66. The summed E-state index contributed by atoms with van der Waals surface area (Å²) in [4.78, 5) is 12.1. The average Bonchev–Trinajstić information content (AvgIpc) is 3.23. The SMILES string of the molecule is Cc1ccc(-c2nnc(SCC(=O)Nc3ccnn3C(C)C)o2)cc1. The standard InChI is InChI=1S/C17H19N5O2S/c1-11(2)22-14(8-9-18-22)19-15(23)10-25-17-21-20-16(24-17)13-6-4-12(3)5-7-13/h4-9,11H,10H2,1-3H3,(H,19,23). The van der Waals surface area contributed by atoms with Crippen LogP contribution in [0.15, 0.2) is 46.2 Å². The van der Waals surface area contributed by atoms with Crippen molar-refractivity contribution in [2.75, 3.05) is 11.1 Å². The number of aromatic nitrogens is 4. The van der Waals surface area contributed by atoms with Gasteiger partial charge in [-0.15, -0.1) is 10.2 Å². The van der Waals surface area contributed by atoms with Crippen LogP contribution in [0.5, 0.6) is 0 Å². The first-order valence-electron chi connectivity index (χ1n) is 7.89. The quantitative estimate of drug-likeness (QED) is 0.679. The lowest BCUT2D eigenvalue weighted by Crippen LogP contribution is -2.18. The Morgan fingerprint density at radius 2 is 2.00 bits per heavy atom.